The van der Waals surface area contributed by atoms with Gasteiger partial charge in [0.1, 0.15) is 0 Å². The molecule has 1 heteroatoms. The van der Waals surface area contributed by atoms with E-state index in [9.17, 15) is 0 Å². The van der Waals surface area contributed by atoms with Gasteiger partial charge < -0.3 is 4.74 Å². The third-order valence-corrected chi connectivity index (χ3v) is 7.35. The lowest BCUT2D eigenvalue weighted by Crippen LogP contribution is -2.37. The van der Waals surface area contributed by atoms with Gasteiger partial charge in [-0.25, -0.2) is 0 Å². The van der Waals surface area contributed by atoms with Crippen molar-refractivity contribution >= 4 is 0 Å². The van der Waals surface area contributed by atoms with Crippen LogP contribution in [0.25, 0.3) is 0 Å². The summed E-state index contributed by atoms with van der Waals surface area (Å²) in [6.07, 6.45) is 14.8. The van der Waals surface area contributed by atoms with E-state index >= 15 is 0 Å². The molecule has 0 heterocycles. The van der Waals surface area contributed by atoms with E-state index in [4.69, 9.17) is 4.74 Å². The molecule has 3 aliphatic carbocycles. The molecule has 0 bridgehead atoms. The van der Waals surface area contributed by atoms with Gasteiger partial charge in [-0.2, -0.15) is 0 Å². The second-order valence-electron chi connectivity index (χ2n) is 8.93. The molecular weight excluding hydrogens is 304 g/mol. The first-order valence-electron chi connectivity index (χ1n) is 10.5. The van der Waals surface area contributed by atoms with Crippen LogP contribution >= 0.6 is 0 Å². The van der Waals surface area contributed by atoms with E-state index in [-0.39, 0.29) is 0 Å². The van der Waals surface area contributed by atoms with Crippen LogP contribution in [0.2, 0.25) is 0 Å². The van der Waals surface area contributed by atoms with E-state index in [1.165, 1.54) is 63.4 Å². The average Bonchev–Trinajstić information content (AvgIpc) is 2.65. The quantitative estimate of drug-likeness (QED) is 0.622. The minimum absolute atomic E-state index is 0.501. The maximum atomic E-state index is 5.95. The van der Waals surface area contributed by atoms with Gasteiger partial charge in [0.05, 0.1) is 12.7 Å². The van der Waals surface area contributed by atoms with Gasteiger partial charge >= 0.3 is 0 Å². The van der Waals surface area contributed by atoms with Gasteiger partial charge in [0.15, 0.2) is 0 Å². The van der Waals surface area contributed by atoms with Crippen LogP contribution in [0.5, 0.6) is 0 Å². The number of aryl methyl sites for hydroxylation is 2. The zero-order valence-electron chi connectivity index (χ0n) is 15.9. The Morgan fingerprint density at radius 1 is 0.960 bits per heavy atom. The highest BCUT2D eigenvalue weighted by Crippen LogP contribution is 2.47. The number of benzene rings is 1. The first-order chi connectivity index (χ1) is 12.2. The van der Waals surface area contributed by atoms with Crippen LogP contribution < -0.4 is 0 Å². The molecule has 3 aliphatic rings. The first-order valence-corrected chi connectivity index (χ1v) is 10.5. The van der Waals surface area contributed by atoms with Crippen molar-refractivity contribution in [2.45, 2.75) is 70.8 Å². The summed E-state index contributed by atoms with van der Waals surface area (Å²) in [4.78, 5) is 0. The third-order valence-electron chi connectivity index (χ3n) is 7.35. The molecular formula is C24H34O. The van der Waals surface area contributed by atoms with E-state index < -0.39 is 0 Å². The number of ether oxygens (including phenoxy) is 1. The molecule has 2 fully saturated rings. The Labute approximate surface area is 153 Å². The van der Waals surface area contributed by atoms with Gasteiger partial charge in [-0.15, -0.1) is 6.58 Å². The molecule has 0 spiro atoms. The molecule has 1 aromatic rings. The van der Waals surface area contributed by atoms with E-state index in [1.54, 1.807) is 11.1 Å². The second kappa shape index (κ2) is 7.66. The van der Waals surface area contributed by atoms with Crippen LogP contribution in [-0.4, -0.2) is 12.7 Å². The Morgan fingerprint density at radius 2 is 1.72 bits per heavy atom. The summed E-state index contributed by atoms with van der Waals surface area (Å²) in [5.41, 5.74) is 4.70. The van der Waals surface area contributed by atoms with Gasteiger partial charge in [-0.05, 0) is 99.5 Å². The average molecular weight is 339 g/mol. The van der Waals surface area contributed by atoms with Crippen molar-refractivity contribution < 1.29 is 4.74 Å². The number of hydrogen-bond acceptors (Lipinski definition) is 1. The largest absolute Gasteiger partial charge is 0.374 e. The minimum Gasteiger partial charge on any atom is -0.374 e. The first kappa shape index (κ1) is 17.3. The summed E-state index contributed by atoms with van der Waals surface area (Å²) in [6, 6.07) is 7.14. The van der Waals surface area contributed by atoms with E-state index in [1.807, 2.05) is 6.08 Å². The zero-order chi connectivity index (χ0) is 17.2. The Kier molecular flexibility index (Phi) is 5.31. The molecule has 5 atom stereocenters. The van der Waals surface area contributed by atoms with Crippen molar-refractivity contribution in [1.29, 1.82) is 0 Å². The normalized spacial score (nSPS) is 34.8. The van der Waals surface area contributed by atoms with E-state index in [0.717, 1.165) is 30.3 Å². The summed E-state index contributed by atoms with van der Waals surface area (Å²) in [7, 11) is 0. The second-order valence-corrected chi connectivity index (χ2v) is 8.93. The lowest BCUT2D eigenvalue weighted by molar-refractivity contribution is -0.0137. The molecule has 4 rings (SSSR count). The SMILES string of the molecule is C=CCOC1CCC2CC(C3CCc4cc(C)ccc4C3)CCC2C1. The van der Waals surface area contributed by atoms with Crippen molar-refractivity contribution in [2.24, 2.45) is 23.7 Å². The molecule has 1 aromatic carbocycles. The zero-order valence-corrected chi connectivity index (χ0v) is 15.9. The molecule has 25 heavy (non-hydrogen) atoms. The number of fused-ring (bicyclic) bond motifs is 2. The number of hydrogen-bond donors (Lipinski definition) is 0. The van der Waals surface area contributed by atoms with Crippen LogP contribution in [-0.2, 0) is 17.6 Å². The molecule has 0 amide bonds. The molecule has 2 saturated carbocycles. The fourth-order valence-corrected chi connectivity index (χ4v) is 5.98. The summed E-state index contributed by atoms with van der Waals surface area (Å²) in [5.74, 6) is 3.81. The lowest BCUT2D eigenvalue weighted by Gasteiger charge is -2.44. The van der Waals surface area contributed by atoms with Gasteiger partial charge in [-0.1, -0.05) is 29.8 Å². The fourth-order valence-electron chi connectivity index (χ4n) is 5.98. The molecule has 5 unspecified atom stereocenters. The van der Waals surface area contributed by atoms with Crippen molar-refractivity contribution in [1.82, 2.24) is 0 Å². The highest BCUT2D eigenvalue weighted by Gasteiger charge is 2.38. The minimum atomic E-state index is 0.501. The Morgan fingerprint density at radius 3 is 2.56 bits per heavy atom. The summed E-state index contributed by atoms with van der Waals surface area (Å²) in [6.45, 7) is 6.74. The fraction of sp³-hybridized carbons (Fsp3) is 0.667. The highest BCUT2D eigenvalue weighted by molar-refractivity contribution is 5.33. The maximum absolute atomic E-state index is 5.95. The van der Waals surface area contributed by atoms with E-state index in [2.05, 4.69) is 31.7 Å². The molecule has 0 aliphatic heterocycles. The maximum Gasteiger partial charge on any atom is 0.0648 e. The van der Waals surface area contributed by atoms with E-state index in [0.29, 0.717) is 6.10 Å². The number of rotatable bonds is 4. The summed E-state index contributed by atoms with van der Waals surface area (Å²) >= 11 is 0. The lowest BCUT2D eigenvalue weighted by atomic mass is 9.62. The summed E-state index contributed by atoms with van der Waals surface area (Å²) < 4.78 is 5.95. The van der Waals surface area contributed by atoms with Crippen molar-refractivity contribution in [2.75, 3.05) is 6.61 Å². The van der Waals surface area contributed by atoms with Crippen molar-refractivity contribution in [3.63, 3.8) is 0 Å². The monoisotopic (exact) mass is 338 g/mol. The summed E-state index contributed by atoms with van der Waals surface area (Å²) in [5, 5.41) is 0. The third kappa shape index (κ3) is 3.87. The molecule has 0 saturated heterocycles. The topological polar surface area (TPSA) is 9.23 Å². The van der Waals surface area contributed by atoms with Crippen LogP contribution in [0.15, 0.2) is 30.9 Å². The molecule has 0 radical (unpaired) electrons. The predicted octanol–water partition coefficient (Wildman–Crippen LogP) is 5.89. The smallest absolute Gasteiger partial charge is 0.0648 e. The highest BCUT2D eigenvalue weighted by atomic mass is 16.5. The molecule has 136 valence electrons. The molecule has 0 aromatic heterocycles. The van der Waals surface area contributed by atoms with Gasteiger partial charge in [-0.3, -0.25) is 0 Å². The van der Waals surface area contributed by atoms with Gasteiger partial charge in [0, 0.05) is 0 Å². The molecule has 1 nitrogen and oxygen atoms in total. The van der Waals surface area contributed by atoms with Gasteiger partial charge in [0.2, 0.25) is 0 Å². The van der Waals surface area contributed by atoms with Crippen molar-refractivity contribution in [3.8, 4) is 0 Å². The molecule has 0 N–H and O–H groups in total. The Hall–Kier alpha value is -1.08. The predicted molar refractivity (Wildman–Crippen MR) is 105 cm³/mol. The van der Waals surface area contributed by atoms with Crippen LogP contribution in [0, 0.1) is 30.6 Å². The standard InChI is InChI=1S/C24H34O/c1-3-12-25-24-11-10-22-15-21(8-9-23(22)16-24)20-7-6-18-13-17(2)4-5-19(18)14-20/h3-5,13,20-24H,1,6-12,14-16H2,2H3. The van der Waals surface area contributed by atoms with Crippen LogP contribution in [0.1, 0.15) is 61.6 Å². The van der Waals surface area contributed by atoms with Crippen LogP contribution in [0.4, 0.5) is 0 Å². The van der Waals surface area contributed by atoms with Crippen LogP contribution in [0.3, 0.4) is 0 Å². The Bertz CT molecular complexity index is 604. The van der Waals surface area contributed by atoms with Gasteiger partial charge in [0.25, 0.3) is 0 Å². The Balaban J connectivity index is 1.34. The van der Waals surface area contributed by atoms with Crippen molar-refractivity contribution in [3.05, 3.63) is 47.5 Å².